The second kappa shape index (κ2) is 6.23. The molecule has 2 rings (SSSR count). The van der Waals surface area contributed by atoms with Crippen molar-refractivity contribution in [2.24, 2.45) is 5.41 Å². The first kappa shape index (κ1) is 14.1. The quantitative estimate of drug-likeness (QED) is 0.714. The van der Waals surface area contributed by atoms with Gasteiger partial charge in [-0.2, -0.15) is 0 Å². The Morgan fingerprint density at radius 2 is 2.00 bits per heavy atom. The summed E-state index contributed by atoms with van der Waals surface area (Å²) in [5.41, 5.74) is -0.763. The number of hydrogen-bond acceptors (Lipinski definition) is 3. The van der Waals surface area contributed by atoms with E-state index in [-0.39, 0.29) is 18.6 Å². The summed E-state index contributed by atoms with van der Waals surface area (Å²) in [6, 6.07) is -0.249. The van der Waals surface area contributed by atoms with E-state index in [1.54, 1.807) is 0 Å². The number of urea groups is 1. The van der Waals surface area contributed by atoms with Gasteiger partial charge in [-0.15, -0.1) is 0 Å². The minimum absolute atomic E-state index is 0.0399. The van der Waals surface area contributed by atoms with Crippen LogP contribution < -0.4 is 10.6 Å². The maximum Gasteiger partial charge on any atom is 0.315 e. The van der Waals surface area contributed by atoms with Crippen LogP contribution in [-0.4, -0.2) is 42.9 Å². The molecular weight excluding hydrogens is 248 g/mol. The number of rotatable bonds is 4. The summed E-state index contributed by atoms with van der Waals surface area (Å²) in [6.07, 6.45) is 5.00. The number of ether oxygens (including phenoxy) is 1. The van der Waals surface area contributed by atoms with Gasteiger partial charge in [0.05, 0.1) is 18.1 Å². The lowest BCUT2D eigenvalue weighted by Crippen LogP contribution is -2.49. The van der Waals surface area contributed by atoms with Gasteiger partial charge in [-0.25, -0.2) is 4.79 Å². The number of carboxylic acid groups (broad SMARTS) is 1. The molecule has 0 spiro atoms. The van der Waals surface area contributed by atoms with Gasteiger partial charge in [0, 0.05) is 13.2 Å². The van der Waals surface area contributed by atoms with Gasteiger partial charge in [0.2, 0.25) is 0 Å². The summed E-state index contributed by atoms with van der Waals surface area (Å²) < 4.78 is 5.28. The van der Waals surface area contributed by atoms with Gasteiger partial charge >= 0.3 is 12.0 Å². The zero-order valence-electron chi connectivity index (χ0n) is 11.1. The Morgan fingerprint density at radius 3 is 2.58 bits per heavy atom. The van der Waals surface area contributed by atoms with Crippen LogP contribution >= 0.6 is 0 Å². The van der Waals surface area contributed by atoms with Gasteiger partial charge in [0.1, 0.15) is 0 Å². The Labute approximate surface area is 112 Å². The van der Waals surface area contributed by atoms with Crippen LogP contribution in [0.5, 0.6) is 0 Å². The normalized spacial score (nSPS) is 25.8. The van der Waals surface area contributed by atoms with Crippen molar-refractivity contribution in [3.05, 3.63) is 0 Å². The fourth-order valence-electron chi connectivity index (χ4n) is 2.86. The number of amides is 2. The number of carbonyl (C=O) groups excluding carboxylic acids is 1. The molecular formula is C13H22N2O4. The van der Waals surface area contributed by atoms with Crippen LogP contribution in [0.3, 0.4) is 0 Å². The largest absolute Gasteiger partial charge is 0.481 e. The van der Waals surface area contributed by atoms with Crippen molar-refractivity contribution < 1.29 is 19.4 Å². The van der Waals surface area contributed by atoms with Crippen molar-refractivity contribution in [1.82, 2.24) is 10.6 Å². The van der Waals surface area contributed by atoms with E-state index < -0.39 is 11.4 Å². The maximum absolute atomic E-state index is 11.8. The van der Waals surface area contributed by atoms with Gasteiger partial charge in [-0.3, -0.25) is 4.79 Å². The average Bonchev–Trinajstić information content (AvgIpc) is 2.88. The smallest absolute Gasteiger partial charge is 0.315 e. The highest BCUT2D eigenvalue weighted by atomic mass is 16.5. The lowest BCUT2D eigenvalue weighted by atomic mass is 9.86. The van der Waals surface area contributed by atoms with Gasteiger partial charge in [0.25, 0.3) is 0 Å². The van der Waals surface area contributed by atoms with Crippen LogP contribution in [0.4, 0.5) is 4.79 Å². The lowest BCUT2D eigenvalue weighted by Gasteiger charge is -2.26. The average molecular weight is 270 g/mol. The molecule has 2 amide bonds. The highest BCUT2D eigenvalue weighted by Gasteiger charge is 2.41. The second-order valence-electron chi connectivity index (χ2n) is 5.53. The van der Waals surface area contributed by atoms with Crippen molar-refractivity contribution in [2.75, 3.05) is 19.8 Å². The van der Waals surface area contributed by atoms with E-state index in [9.17, 15) is 14.7 Å². The molecule has 1 aliphatic heterocycles. The van der Waals surface area contributed by atoms with E-state index in [0.717, 1.165) is 32.3 Å². The molecule has 2 aliphatic rings. The molecule has 1 saturated carbocycles. The van der Waals surface area contributed by atoms with Crippen LogP contribution in [0.25, 0.3) is 0 Å². The van der Waals surface area contributed by atoms with Crippen LogP contribution in [0.1, 0.15) is 38.5 Å². The van der Waals surface area contributed by atoms with Gasteiger partial charge in [0.15, 0.2) is 0 Å². The van der Waals surface area contributed by atoms with Crippen molar-refractivity contribution in [3.8, 4) is 0 Å². The van der Waals surface area contributed by atoms with Crippen molar-refractivity contribution in [3.63, 3.8) is 0 Å². The molecule has 3 N–H and O–H groups in total. The van der Waals surface area contributed by atoms with Crippen LogP contribution in [-0.2, 0) is 9.53 Å². The van der Waals surface area contributed by atoms with Crippen molar-refractivity contribution in [2.45, 2.75) is 44.6 Å². The van der Waals surface area contributed by atoms with Crippen molar-refractivity contribution >= 4 is 12.0 Å². The number of carboxylic acids is 1. The summed E-state index contributed by atoms with van der Waals surface area (Å²) in [5.74, 6) is -0.800. The minimum atomic E-state index is -0.800. The third-order valence-electron chi connectivity index (χ3n) is 4.10. The molecule has 1 atom stereocenters. The van der Waals surface area contributed by atoms with E-state index >= 15 is 0 Å². The molecule has 0 aromatic carbocycles. The predicted molar refractivity (Wildman–Crippen MR) is 68.9 cm³/mol. The lowest BCUT2D eigenvalue weighted by molar-refractivity contribution is -0.148. The van der Waals surface area contributed by atoms with E-state index in [1.807, 2.05) is 0 Å². The van der Waals surface area contributed by atoms with Crippen LogP contribution in [0, 0.1) is 5.41 Å². The van der Waals surface area contributed by atoms with Crippen LogP contribution in [0.2, 0.25) is 0 Å². The van der Waals surface area contributed by atoms with E-state index in [1.165, 1.54) is 0 Å². The SMILES string of the molecule is O=C(NCC1(C(=O)O)CCCC1)NC1CCCOC1. The molecule has 1 heterocycles. The molecule has 0 aromatic rings. The first-order chi connectivity index (χ1) is 9.12. The van der Waals surface area contributed by atoms with Crippen molar-refractivity contribution in [1.29, 1.82) is 0 Å². The summed E-state index contributed by atoms with van der Waals surface area (Å²) in [4.78, 5) is 23.1. The monoisotopic (exact) mass is 270 g/mol. The molecule has 1 unspecified atom stereocenters. The summed E-state index contributed by atoms with van der Waals surface area (Å²) in [7, 11) is 0. The Kier molecular flexibility index (Phi) is 4.63. The highest BCUT2D eigenvalue weighted by Crippen LogP contribution is 2.37. The summed E-state index contributed by atoms with van der Waals surface area (Å²) in [6.45, 7) is 1.50. The molecule has 1 saturated heterocycles. The Bertz CT molecular complexity index is 334. The van der Waals surface area contributed by atoms with E-state index in [0.29, 0.717) is 19.4 Å². The molecule has 6 heteroatoms. The number of aliphatic carboxylic acids is 1. The number of carbonyl (C=O) groups is 2. The molecule has 2 fully saturated rings. The molecule has 0 radical (unpaired) electrons. The third kappa shape index (κ3) is 3.59. The molecule has 0 bridgehead atoms. The summed E-state index contributed by atoms with van der Waals surface area (Å²) >= 11 is 0. The third-order valence-corrected chi connectivity index (χ3v) is 4.10. The minimum Gasteiger partial charge on any atom is -0.481 e. The Morgan fingerprint density at radius 1 is 1.26 bits per heavy atom. The first-order valence-electron chi connectivity index (χ1n) is 6.98. The van der Waals surface area contributed by atoms with Gasteiger partial charge < -0.3 is 20.5 Å². The fourth-order valence-corrected chi connectivity index (χ4v) is 2.86. The van der Waals surface area contributed by atoms with E-state index in [4.69, 9.17) is 4.74 Å². The standard InChI is InChI=1S/C13H22N2O4/c16-11(17)13(5-1-2-6-13)9-14-12(18)15-10-4-3-7-19-8-10/h10H,1-9H2,(H,16,17)(H2,14,15,18). The predicted octanol–water partition coefficient (Wildman–Crippen LogP) is 1.11. The zero-order valence-corrected chi connectivity index (χ0v) is 11.1. The second-order valence-corrected chi connectivity index (χ2v) is 5.53. The first-order valence-corrected chi connectivity index (χ1v) is 6.98. The molecule has 0 aromatic heterocycles. The fraction of sp³-hybridized carbons (Fsp3) is 0.846. The van der Waals surface area contributed by atoms with E-state index in [2.05, 4.69) is 10.6 Å². The van der Waals surface area contributed by atoms with Gasteiger partial charge in [-0.05, 0) is 25.7 Å². The number of nitrogens with one attached hydrogen (secondary N) is 2. The zero-order chi connectivity index (χ0) is 13.7. The summed E-state index contributed by atoms with van der Waals surface area (Å²) in [5, 5.41) is 14.8. The Hall–Kier alpha value is -1.30. The molecule has 1 aliphatic carbocycles. The Balaban J connectivity index is 1.77. The molecule has 108 valence electrons. The van der Waals surface area contributed by atoms with Crippen LogP contribution in [0.15, 0.2) is 0 Å². The number of hydrogen-bond donors (Lipinski definition) is 3. The topological polar surface area (TPSA) is 87.7 Å². The van der Waals surface area contributed by atoms with Gasteiger partial charge in [-0.1, -0.05) is 12.8 Å². The highest BCUT2D eigenvalue weighted by molar-refractivity contribution is 5.78. The molecule has 6 nitrogen and oxygen atoms in total. The molecule has 19 heavy (non-hydrogen) atoms. The maximum atomic E-state index is 11.8.